The van der Waals surface area contributed by atoms with Crippen LogP contribution in [-0.2, 0) is 6.42 Å². The van der Waals surface area contributed by atoms with Crippen LogP contribution in [0.5, 0.6) is 5.75 Å². The quantitative estimate of drug-likeness (QED) is 0.229. The van der Waals surface area contributed by atoms with Gasteiger partial charge in [-0.15, -0.1) is 0 Å². The Balaban J connectivity index is 1.76. The summed E-state index contributed by atoms with van der Waals surface area (Å²) in [5.41, 5.74) is 1.72. The fourth-order valence-corrected chi connectivity index (χ4v) is 3.73. The average molecular weight is 447 g/mol. The molecule has 178 valence electrons. The molecule has 0 aliphatic carbocycles. The maximum atomic E-state index is 14.4. The van der Waals surface area contributed by atoms with Crippen LogP contribution in [-0.4, -0.2) is 22.7 Å². The lowest BCUT2D eigenvalue weighted by Crippen LogP contribution is -2.08. The molecule has 32 heavy (non-hydrogen) atoms. The third kappa shape index (κ3) is 10.1. The third-order valence-electron chi connectivity index (χ3n) is 5.77. The van der Waals surface area contributed by atoms with Gasteiger partial charge >= 0.3 is 0 Å². The van der Waals surface area contributed by atoms with E-state index in [4.69, 9.17) is 4.74 Å². The lowest BCUT2D eigenvalue weighted by atomic mass is 10.1. The van der Waals surface area contributed by atoms with Crippen molar-refractivity contribution in [3.05, 3.63) is 42.0 Å². The molecule has 1 atom stereocenters. The van der Waals surface area contributed by atoms with Gasteiger partial charge in [0.1, 0.15) is 6.17 Å². The van der Waals surface area contributed by atoms with E-state index in [1.807, 2.05) is 12.4 Å². The molecule has 0 saturated heterocycles. The zero-order valence-corrected chi connectivity index (χ0v) is 19.9. The Kier molecular flexibility index (Phi) is 12.9. The highest BCUT2D eigenvalue weighted by molar-refractivity contribution is 5.56. The third-order valence-corrected chi connectivity index (χ3v) is 5.77. The smallest absolute Gasteiger partial charge is 0.165 e. The molecule has 0 radical (unpaired) electrons. The minimum absolute atomic E-state index is 0.145. The van der Waals surface area contributed by atoms with Crippen molar-refractivity contribution in [3.8, 4) is 17.1 Å². The Hall–Kier alpha value is -2.04. The largest absolute Gasteiger partial charge is 0.490 e. The molecule has 0 saturated carbocycles. The van der Waals surface area contributed by atoms with Crippen LogP contribution in [0.25, 0.3) is 11.4 Å². The van der Waals surface area contributed by atoms with Gasteiger partial charge in [0.15, 0.2) is 17.4 Å². The minimum atomic E-state index is -0.891. The molecule has 0 N–H and O–H groups in total. The minimum Gasteiger partial charge on any atom is -0.490 e. The van der Waals surface area contributed by atoms with E-state index in [0.717, 1.165) is 44.1 Å². The normalized spacial score (nSPS) is 12.1. The van der Waals surface area contributed by atoms with E-state index < -0.39 is 12.0 Å². The summed E-state index contributed by atoms with van der Waals surface area (Å²) in [6.07, 6.45) is 16.4. The summed E-state index contributed by atoms with van der Waals surface area (Å²) in [4.78, 5) is 8.81. The van der Waals surface area contributed by atoms with E-state index in [2.05, 4.69) is 23.8 Å². The first-order valence-electron chi connectivity index (χ1n) is 12.5. The SMILES string of the molecule is CCCCCCCCc1cnc(-c2ccc(OCCC(F)CCCCCC)c(F)c2)nc1. The Bertz CT molecular complexity index is 752. The van der Waals surface area contributed by atoms with Gasteiger partial charge in [0.25, 0.3) is 0 Å². The van der Waals surface area contributed by atoms with Gasteiger partial charge in [0, 0.05) is 24.4 Å². The predicted molar refractivity (Wildman–Crippen MR) is 128 cm³/mol. The zero-order chi connectivity index (χ0) is 23.0. The van der Waals surface area contributed by atoms with Gasteiger partial charge in [-0.25, -0.2) is 18.7 Å². The van der Waals surface area contributed by atoms with Crippen molar-refractivity contribution in [3.63, 3.8) is 0 Å². The Morgan fingerprint density at radius 2 is 1.50 bits per heavy atom. The van der Waals surface area contributed by atoms with Gasteiger partial charge in [-0.05, 0) is 43.0 Å². The van der Waals surface area contributed by atoms with Crippen LogP contribution in [0, 0.1) is 5.82 Å². The summed E-state index contributed by atoms with van der Waals surface area (Å²) in [5.74, 6) is 0.172. The van der Waals surface area contributed by atoms with E-state index in [1.54, 1.807) is 12.1 Å². The molecule has 2 aromatic rings. The van der Waals surface area contributed by atoms with Crippen molar-refractivity contribution < 1.29 is 13.5 Å². The van der Waals surface area contributed by atoms with Crippen LogP contribution < -0.4 is 4.74 Å². The topological polar surface area (TPSA) is 35.0 Å². The van der Waals surface area contributed by atoms with Crippen LogP contribution >= 0.6 is 0 Å². The second-order valence-corrected chi connectivity index (χ2v) is 8.66. The number of hydrogen-bond acceptors (Lipinski definition) is 3. The van der Waals surface area contributed by atoms with Gasteiger partial charge in [0.2, 0.25) is 0 Å². The first-order valence-corrected chi connectivity index (χ1v) is 12.5. The van der Waals surface area contributed by atoms with Crippen LogP contribution in [0.3, 0.4) is 0 Å². The molecule has 2 rings (SSSR count). The second kappa shape index (κ2) is 15.7. The first kappa shape index (κ1) is 26.2. The number of unbranched alkanes of at least 4 members (excludes halogenated alkanes) is 8. The number of benzene rings is 1. The Morgan fingerprint density at radius 1 is 0.844 bits per heavy atom. The number of aryl methyl sites for hydroxylation is 1. The van der Waals surface area contributed by atoms with Crippen molar-refractivity contribution in [2.24, 2.45) is 0 Å². The number of hydrogen-bond donors (Lipinski definition) is 0. The van der Waals surface area contributed by atoms with Crippen LogP contribution in [0.15, 0.2) is 30.6 Å². The highest BCUT2D eigenvalue weighted by Gasteiger charge is 2.11. The highest BCUT2D eigenvalue weighted by Crippen LogP contribution is 2.24. The molecule has 1 aromatic heterocycles. The predicted octanol–water partition coefficient (Wildman–Crippen LogP) is 8.26. The van der Waals surface area contributed by atoms with Crippen LogP contribution in [0.2, 0.25) is 0 Å². The van der Waals surface area contributed by atoms with Gasteiger partial charge in [0.05, 0.1) is 6.61 Å². The lowest BCUT2D eigenvalue weighted by Gasteiger charge is -2.11. The van der Waals surface area contributed by atoms with Crippen LogP contribution in [0.1, 0.15) is 96.5 Å². The molecule has 5 heteroatoms. The van der Waals surface area contributed by atoms with Crippen molar-refractivity contribution >= 4 is 0 Å². The molecule has 0 aliphatic rings. The summed E-state index contributed by atoms with van der Waals surface area (Å²) in [7, 11) is 0. The average Bonchev–Trinajstić information content (AvgIpc) is 2.80. The van der Waals surface area contributed by atoms with Crippen molar-refractivity contribution in [2.75, 3.05) is 6.61 Å². The standard InChI is InChI=1S/C27H40F2N2O/c1-3-5-7-9-10-11-13-22-20-30-27(31-21-22)23-15-16-26(25(29)19-23)32-18-17-24(28)14-12-8-6-4-2/h15-16,19-21,24H,3-14,17-18H2,1-2H3. The maximum Gasteiger partial charge on any atom is 0.165 e. The fraction of sp³-hybridized carbons (Fsp3) is 0.630. The molecule has 0 spiro atoms. The first-order chi connectivity index (χ1) is 15.6. The molecular formula is C27H40F2N2O. The molecule has 0 bridgehead atoms. The number of rotatable bonds is 17. The summed E-state index contributed by atoms with van der Waals surface area (Å²) in [5, 5.41) is 0. The number of alkyl halides is 1. The molecule has 1 unspecified atom stereocenters. The fourth-order valence-electron chi connectivity index (χ4n) is 3.73. The molecule has 0 fully saturated rings. The molecule has 0 aliphatic heterocycles. The summed E-state index contributed by atoms with van der Waals surface area (Å²) in [6.45, 7) is 4.54. The van der Waals surface area contributed by atoms with Gasteiger partial charge in [-0.3, -0.25) is 0 Å². The Morgan fingerprint density at radius 3 is 2.19 bits per heavy atom. The van der Waals surface area contributed by atoms with Crippen molar-refractivity contribution in [1.82, 2.24) is 9.97 Å². The monoisotopic (exact) mass is 446 g/mol. The molecular weight excluding hydrogens is 406 g/mol. The van der Waals surface area contributed by atoms with Gasteiger partial charge < -0.3 is 4.74 Å². The van der Waals surface area contributed by atoms with Crippen LogP contribution in [0.4, 0.5) is 8.78 Å². The van der Waals surface area contributed by atoms with E-state index in [0.29, 0.717) is 17.8 Å². The number of ether oxygens (including phenoxy) is 1. The number of nitrogens with zero attached hydrogens (tertiary/aromatic N) is 2. The summed E-state index contributed by atoms with van der Waals surface area (Å²) < 4.78 is 33.8. The summed E-state index contributed by atoms with van der Waals surface area (Å²) in [6, 6.07) is 4.71. The highest BCUT2D eigenvalue weighted by atomic mass is 19.1. The van der Waals surface area contributed by atoms with E-state index >= 15 is 0 Å². The van der Waals surface area contributed by atoms with Gasteiger partial charge in [-0.1, -0.05) is 71.6 Å². The zero-order valence-electron chi connectivity index (χ0n) is 19.9. The van der Waals surface area contributed by atoms with E-state index in [1.165, 1.54) is 38.2 Å². The van der Waals surface area contributed by atoms with E-state index in [-0.39, 0.29) is 18.8 Å². The van der Waals surface area contributed by atoms with Crippen molar-refractivity contribution in [2.45, 2.75) is 103 Å². The van der Waals surface area contributed by atoms with E-state index in [9.17, 15) is 8.78 Å². The molecule has 0 amide bonds. The number of halogens is 2. The lowest BCUT2D eigenvalue weighted by molar-refractivity contribution is 0.217. The number of aromatic nitrogens is 2. The van der Waals surface area contributed by atoms with Gasteiger partial charge in [-0.2, -0.15) is 0 Å². The maximum absolute atomic E-state index is 14.4. The molecule has 1 heterocycles. The molecule has 1 aromatic carbocycles. The Labute approximate surface area is 193 Å². The summed E-state index contributed by atoms with van der Waals surface area (Å²) >= 11 is 0. The molecule has 3 nitrogen and oxygen atoms in total. The second-order valence-electron chi connectivity index (χ2n) is 8.66. The van der Waals surface area contributed by atoms with Crippen molar-refractivity contribution in [1.29, 1.82) is 0 Å².